The number of ether oxygens (including phenoxy) is 1. The molecular weight excluding hydrogens is 357 g/mol. The summed E-state index contributed by atoms with van der Waals surface area (Å²) in [4.78, 5) is 18.5. The van der Waals surface area contributed by atoms with Crippen LogP contribution in [0.4, 0.5) is 4.79 Å². The Morgan fingerprint density at radius 3 is 2.63 bits per heavy atom. The summed E-state index contributed by atoms with van der Waals surface area (Å²) in [5.41, 5.74) is 0.646. The summed E-state index contributed by atoms with van der Waals surface area (Å²) in [7, 11) is 0. The normalized spacial score (nSPS) is 19.3. The number of hydrogen-bond donors (Lipinski definition) is 0. The molecule has 1 atom stereocenters. The first kappa shape index (κ1) is 14.6. The lowest BCUT2D eigenvalue weighted by molar-refractivity contribution is 0.0125. The molecule has 0 bridgehead atoms. The molecule has 19 heavy (non-hydrogen) atoms. The predicted molar refractivity (Wildman–Crippen MR) is 81.0 cm³/mol. The molecule has 0 saturated carbocycles. The van der Waals surface area contributed by atoms with Crippen LogP contribution >= 0.6 is 22.6 Å². The molecule has 1 unspecified atom stereocenters. The SMILES string of the molecule is Cc1nc(I)c2n1CCN(C(=O)OC(C)(C)C)C2C. The van der Waals surface area contributed by atoms with Gasteiger partial charge in [-0.3, -0.25) is 4.90 Å². The summed E-state index contributed by atoms with van der Waals surface area (Å²) in [6.07, 6.45) is -0.249. The Morgan fingerprint density at radius 2 is 2.05 bits per heavy atom. The van der Waals surface area contributed by atoms with Crippen LogP contribution in [0.2, 0.25) is 0 Å². The Morgan fingerprint density at radius 1 is 1.42 bits per heavy atom. The van der Waals surface area contributed by atoms with Crippen LogP contribution in [0, 0.1) is 10.6 Å². The van der Waals surface area contributed by atoms with E-state index in [2.05, 4.69) is 32.1 Å². The molecule has 6 heteroatoms. The molecule has 0 spiro atoms. The molecule has 1 aliphatic rings. The van der Waals surface area contributed by atoms with Crippen molar-refractivity contribution in [3.63, 3.8) is 0 Å². The van der Waals surface area contributed by atoms with Crippen molar-refractivity contribution in [2.45, 2.75) is 52.8 Å². The maximum absolute atomic E-state index is 12.2. The van der Waals surface area contributed by atoms with Crippen molar-refractivity contribution in [2.75, 3.05) is 6.54 Å². The Kier molecular flexibility index (Phi) is 3.81. The minimum atomic E-state index is -0.461. The van der Waals surface area contributed by atoms with Gasteiger partial charge in [-0.15, -0.1) is 0 Å². The van der Waals surface area contributed by atoms with Gasteiger partial charge in [0.1, 0.15) is 15.1 Å². The zero-order chi connectivity index (χ0) is 14.4. The molecule has 1 amide bonds. The molecular formula is C13H20IN3O2. The van der Waals surface area contributed by atoms with Gasteiger partial charge in [-0.2, -0.15) is 0 Å². The second kappa shape index (κ2) is 4.96. The van der Waals surface area contributed by atoms with Gasteiger partial charge in [-0.1, -0.05) is 0 Å². The van der Waals surface area contributed by atoms with Gasteiger partial charge in [0.05, 0.1) is 11.7 Å². The third-order valence-electron chi connectivity index (χ3n) is 3.21. The Labute approximate surface area is 127 Å². The van der Waals surface area contributed by atoms with Crippen molar-refractivity contribution in [3.8, 4) is 0 Å². The van der Waals surface area contributed by atoms with Crippen LogP contribution in [-0.4, -0.2) is 32.7 Å². The largest absolute Gasteiger partial charge is 0.444 e. The molecule has 0 fully saturated rings. The third kappa shape index (κ3) is 2.88. The minimum Gasteiger partial charge on any atom is -0.444 e. The number of hydrogen-bond acceptors (Lipinski definition) is 3. The molecule has 0 saturated heterocycles. The summed E-state index contributed by atoms with van der Waals surface area (Å²) in [6, 6.07) is -0.00306. The average Bonchev–Trinajstić information content (AvgIpc) is 2.52. The third-order valence-corrected chi connectivity index (χ3v) is 4.00. The smallest absolute Gasteiger partial charge is 0.410 e. The number of halogens is 1. The van der Waals surface area contributed by atoms with E-state index in [-0.39, 0.29) is 12.1 Å². The fourth-order valence-electron chi connectivity index (χ4n) is 2.34. The van der Waals surface area contributed by atoms with Crippen LogP contribution in [0.1, 0.15) is 45.3 Å². The van der Waals surface area contributed by atoms with E-state index in [1.807, 2.05) is 34.6 Å². The highest BCUT2D eigenvalue weighted by atomic mass is 127. The van der Waals surface area contributed by atoms with Gasteiger partial charge in [0.2, 0.25) is 0 Å². The fourth-order valence-corrected chi connectivity index (χ4v) is 3.44. The summed E-state index contributed by atoms with van der Waals surface area (Å²) < 4.78 is 8.62. The number of aryl methyl sites for hydroxylation is 1. The van der Waals surface area contributed by atoms with E-state index in [1.54, 1.807) is 4.90 Å². The molecule has 0 aliphatic carbocycles. The quantitative estimate of drug-likeness (QED) is 0.653. The molecule has 5 nitrogen and oxygen atoms in total. The van der Waals surface area contributed by atoms with E-state index >= 15 is 0 Å². The van der Waals surface area contributed by atoms with Crippen LogP contribution in [-0.2, 0) is 11.3 Å². The molecule has 1 aliphatic heterocycles. The number of imidazole rings is 1. The van der Waals surface area contributed by atoms with Crippen LogP contribution in [0.3, 0.4) is 0 Å². The van der Waals surface area contributed by atoms with Gasteiger partial charge in [-0.05, 0) is 57.2 Å². The highest BCUT2D eigenvalue weighted by Gasteiger charge is 2.33. The number of carbonyl (C=O) groups excluding carboxylic acids is 1. The predicted octanol–water partition coefficient (Wildman–Crippen LogP) is 3.11. The zero-order valence-corrected chi connectivity index (χ0v) is 14.2. The number of fused-ring (bicyclic) bond motifs is 1. The van der Waals surface area contributed by atoms with E-state index in [1.165, 1.54) is 0 Å². The van der Waals surface area contributed by atoms with Crippen molar-refractivity contribution in [1.82, 2.24) is 14.5 Å². The molecule has 0 aromatic carbocycles. The highest BCUT2D eigenvalue weighted by molar-refractivity contribution is 14.1. The van der Waals surface area contributed by atoms with Crippen LogP contribution in [0.15, 0.2) is 0 Å². The van der Waals surface area contributed by atoms with Crippen molar-refractivity contribution in [2.24, 2.45) is 0 Å². The average molecular weight is 377 g/mol. The number of rotatable bonds is 0. The van der Waals surface area contributed by atoms with Crippen LogP contribution in [0.5, 0.6) is 0 Å². The molecule has 1 aromatic rings. The first-order chi connectivity index (χ1) is 8.70. The summed E-state index contributed by atoms with van der Waals surface area (Å²) in [6.45, 7) is 11.1. The maximum atomic E-state index is 12.2. The van der Waals surface area contributed by atoms with E-state index in [4.69, 9.17) is 4.74 Å². The first-order valence-electron chi connectivity index (χ1n) is 6.43. The first-order valence-corrected chi connectivity index (χ1v) is 7.50. The van der Waals surface area contributed by atoms with Crippen molar-refractivity contribution in [3.05, 3.63) is 15.2 Å². The van der Waals surface area contributed by atoms with Gasteiger partial charge in [0, 0.05) is 13.1 Å². The van der Waals surface area contributed by atoms with Crippen molar-refractivity contribution < 1.29 is 9.53 Å². The van der Waals surface area contributed by atoms with Gasteiger partial charge in [0.15, 0.2) is 0 Å². The van der Waals surface area contributed by atoms with Gasteiger partial charge in [-0.25, -0.2) is 9.78 Å². The van der Waals surface area contributed by atoms with Crippen molar-refractivity contribution >= 4 is 28.7 Å². The Bertz CT molecular complexity index is 505. The van der Waals surface area contributed by atoms with E-state index in [0.29, 0.717) is 6.54 Å². The standard InChI is InChI=1S/C13H20IN3O2/c1-8-10-11(14)15-9(2)17(10)7-6-16(8)12(18)19-13(3,4)5/h8H,6-7H2,1-5H3. The lowest BCUT2D eigenvalue weighted by Crippen LogP contribution is -2.44. The maximum Gasteiger partial charge on any atom is 0.410 e. The number of amides is 1. The highest BCUT2D eigenvalue weighted by Crippen LogP contribution is 2.30. The monoisotopic (exact) mass is 377 g/mol. The zero-order valence-electron chi connectivity index (χ0n) is 12.0. The fraction of sp³-hybridized carbons (Fsp3) is 0.692. The summed E-state index contributed by atoms with van der Waals surface area (Å²) in [5.74, 6) is 1.01. The Balaban J connectivity index is 2.24. The molecule has 0 radical (unpaired) electrons. The summed E-state index contributed by atoms with van der Waals surface area (Å²) >= 11 is 2.23. The van der Waals surface area contributed by atoms with Gasteiger partial charge < -0.3 is 9.30 Å². The summed E-state index contributed by atoms with van der Waals surface area (Å²) in [5, 5.41) is 0. The van der Waals surface area contributed by atoms with Gasteiger partial charge >= 0.3 is 6.09 Å². The van der Waals surface area contributed by atoms with E-state index in [9.17, 15) is 4.79 Å². The number of carbonyl (C=O) groups is 1. The van der Waals surface area contributed by atoms with Crippen LogP contribution < -0.4 is 0 Å². The lowest BCUT2D eigenvalue weighted by atomic mass is 10.1. The topological polar surface area (TPSA) is 47.4 Å². The minimum absolute atomic E-state index is 0.00306. The molecule has 0 N–H and O–H groups in total. The second-order valence-corrected chi connectivity index (χ2v) is 6.86. The number of aromatic nitrogens is 2. The van der Waals surface area contributed by atoms with Gasteiger partial charge in [0.25, 0.3) is 0 Å². The lowest BCUT2D eigenvalue weighted by Gasteiger charge is -2.36. The Hall–Kier alpha value is -0.790. The molecule has 2 heterocycles. The molecule has 106 valence electrons. The second-order valence-electron chi connectivity index (χ2n) is 5.84. The van der Waals surface area contributed by atoms with E-state index in [0.717, 1.165) is 21.8 Å². The molecule has 1 aromatic heterocycles. The number of nitrogens with zero attached hydrogens (tertiary/aromatic N) is 3. The van der Waals surface area contributed by atoms with Crippen LogP contribution in [0.25, 0.3) is 0 Å². The van der Waals surface area contributed by atoms with Crippen molar-refractivity contribution in [1.29, 1.82) is 0 Å². The molecule has 2 rings (SSSR count). The van der Waals surface area contributed by atoms with E-state index < -0.39 is 5.60 Å².